The molecule has 2 saturated heterocycles. The van der Waals surface area contributed by atoms with Crippen LogP contribution in [0.2, 0.25) is 0 Å². The van der Waals surface area contributed by atoms with E-state index in [9.17, 15) is 9.59 Å². The summed E-state index contributed by atoms with van der Waals surface area (Å²) in [5.74, 6) is 2.33. The van der Waals surface area contributed by atoms with Crippen LogP contribution in [0.25, 0.3) is 0 Å². The topological polar surface area (TPSA) is 62.3 Å². The summed E-state index contributed by atoms with van der Waals surface area (Å²) in [6, 6.07) is 5.25. The van der Waals surface area contributed by atoms with Crippen molar-refractivity contribution in [2.75, 3.05) is 60.0 Å². The molecule has 0 unspecified atom stereocenters. The van der Waals surface area contributed by atoms with Gasteiger partial charge in [-0.1, -0.05) is 19.3 Å². The highest BCUT2D eigenvalue weighted by molar-refractivity contribution is 5.95. The molecule has 1 aliphatic carbocycles. The lowest BCUT2D eigenvalue weighted by molar-refractivity contribution is -0.138. The van der Waals surface area contributed by atoms with Crippen molar-refractivity contribution in [3.8, 4) is 11.5 Å². The summed E-state index contributed by atoms with van der Waals surface area (Å²) in [4.78, 5) is 32.6. The smallest absolute Gasteiger partial charge is 0.254 e. The third kappa shape index (κ3) is 5.99. The zero-order valence-corrected chi connectivity index (χ0v) is 20.3. The number of hydrogen-bond acceptors (Lipinski definition) is 5. The highest BCUT2D eigenvalue weighted by Gasteiger charge is 2.32. The summed E-state index contributed by atoms with van der Waals surface area (Å²) in [7, 11) is 3.16. The summed E-state index contributed by atoms with van der Waals surface area (Å²) in [6.45, 7) is 6.10. The van der Waals surface area contributed by atoms with Crippen LogP contribution in [0.4, 0.5) is 0 Å². The van der Waals surface area contributed by atoms with Gasteiger partial charge in [-0.15, -0.1) is 0 Å². The molecule has 1 aromatic carbocycles. The van der Waals surface area contributed by atoms with Gasteiger partial charge >= 0.3 is 0 Å². The molecule has 1 aromatic rings. The van der Waals surface area contributed by atoms with Crippen molar-refractivity contribution in [2.45, 2.75) is 44.9 Å². The van der Waals surface area contributed by atoms with Gasteiger partial charge in [-0.25, -0.2) is 0 Å². The van der Waals surface area contributed by atoms with E-state index in [0.29, 0.717) is 30.2 Å². The second kappa shape index (κ2) is 11.2. The zero-order valence-electron chi connectivity index (χ0n) is 20.3. The zero-order chi connectivity index (χ0) is 23.2. The Morgan fingerprint density at radius 3 is 1.97 bits per heavy atom. The second-order valence-electron chi connectivity index (χ2n) is 9.80. The molecule has 3 fully saturated rings. The molecular weight excluding hydrogens is 418 g/mol. The van der Waals surface area contributed by atoms with Gasteiger partial charge in [-0.05, 0) is 43.7 Å². The molecule has 0 bridgehead atoms. The highest BCUT2D eigenvalue weighted by atomic mass is 16.5. The van der Waals surface area contributed by atoms with Crippen molar-refractivity contribution in [1.29, 1.82) is 0 Å². The van der Waals surface area contributed by atoms with E-state index in [4.69, 9.17) is 9.47 Å². The Labute approximate surface area is 198 Å². The molecule has 1 saturated carbocycles. The largest absolute Gasteiger partial charge is 0.497 e. The van der Waals surface area contributed by atoms with E-state index >= 15 is 0 Å². The monoisotopic (exact) mass is 457 g/mol. The fraction of sp³-hybridized carbons (Fsp3) is 0.692. The van der Waals surface area contributed by atoms with Crippen molar-refractivity contribution in [3.63, 3.8) is 0 Å². The fourth-order valence-electron chi connectivity index (χ4n) is 5.59. The molecule has 7 nitrogen and oxygen atoms in total. The molecule has 0 N–H and O–H groups in total. The molecule has 2 amide bonds. The number of carbonyl (C=O) groups is 2. The SMILES string of the molecule is COc1cc(OC)cc(C(=O)N2CCC(C(=O)N3CCN(CC4CCCCC4)CC3)CC2)c1. The third-order valence-corrected chi connectivity index (χ3v) is 7.65. The van der Waals surface area contributed by atoms with E-state index in [2.05, 4.69) is 9.80 Å². The van der Waals surface area contributed by atoms with Crippen molar-refractivity contribution >= 4 is 11.8 Å². The van der Waals surface area contributed by atoms with E-state index < -0.39 is 0 Å². The Bertz CT molecular complexity index is 786. The molecule has 0 radical (unpaired) electrons. The van der Waals surface area contributed by atoms with Gasteiger partial charge in [0.05, 0.1) is 14.2 Å². The van der Waals surface area contributed by atoms with Gasteiger partial charge in [0.1, 0.15) is 11.5 Å². The van der Waals surface area contributed by atoms with E-state index in [-0.39, 0.29) is 17.7 Å². The number of methoxy groups -OCH3 is 2. The number of amides is 2. The van der Waals surface area contributed by atoms with E-state index in [1.165, 1.54) is 38.6 Å². The van der Waals surface area contributed by atoms with Crippen LogP contribution in [0.15, 0.2) is 18.2 Å². The second-order valence-corrected chi connectivity index (χ2v) is 9.80. The van der Waals surface area contributed by atoms with E-state index in [0.717, 1.165) is 44.9 Å². The van der Waals surface area contributed by atoms with Crippen LogP contribution in [0, 0.1) is 11.8 Å². The maximum atomic E-state index is 13.1. The van der Waals surface area contributed by atoms with Gasteiger partial charge in [-0.3, -0.25) is 14.5 Å². The first kappa shape index (κ1) is 23.9. The standard InChI is InChI=1S/C26H39N3O4/c1-32-23-16-22(17-24(18-23)33-2)26(31)28-10-8-21(9-11-28)25(30)29-14-12-27(13-15-29)19-20-6-4-3-5-7-20/h16-18,20-21H,3-15,19H2,1-2H3. The Morgan fingerprint density at radius 1 is 0.788 bits per heavy atom. The Morgan fingerprint density at radius 2 is 1.39 bits per heavy atom. The number of benzene rings is 1. The number of carbonyl (C=O) groups excluding carboxylic acids is 2. The molecule has 0 aromatic heterocycles. The number of piperazine rings is 1. The number of piperidine rings is 1. The minimum absolute atomic E-state index is 0.0267. The van der Waals surface area contributed by atoms with Gasteiger partial charge in [0.15, 0.2) is 0 Å². The molecule has 2 heterocycles. The van der Waals surface area contributed by atoms with E-state index in [1.807, 2.05) is 4.90 Å². The minimum atomic E-state index is -0.0329. The highest BCUT2D eigenvalue weighted by Crippen LogP contribution is 2.27. The summed E-state index contributed by atoms with van der Waals surface area (Å²) in [5, 5.41) is 0. The normalized spacial score (nSPS) is 21.2. The van der Waals surface area contributed by atoms with E-state index in [1.54, 1.807) is 32.4 Å². The van der Waals surface area contributed by atoms with Crippen molar-refractivity contribution in [1.82, 2.24) is 14.7 Å². The van der Waals surface area contributed by atoms with Gasteiger partial charge in [0.25, 0.3) is 5.91 Å². The van der Waals surface area contributed by atoms with Gasteiger partial charge in [0, 0.05) is 63.4 Å². The first-order valence-corrected chi connectivity index (χ1v) is 12.6. The maximum Gasteiger partial charge on any atom is 0.254 e. The average Bonchev–Trinajstić information content (AvgIpc) is 2.88. The number of nitrogens with zero attached hydrogens (tertiary/aromatic N) is 3. The Kier molecular flexibility index (Phi) is 8.12. The molecule has 2 aliphatic heterocycles. The van der Waals surface area contributed by atoms with Crippen molar-refractivity contribution in [3.05, 3.63) is 23.8 Å². The third-order valence-electron chi connectivity index (χ3n) is 7.65. The van der Waals surface area contributed by atoms with Crippen LogP contribution < -0.4 is 9.47 Å². The van der Waals surface area contributed by atoms with Crippen LogP contribution in [-0.2, 0) is 4.79 Å². The van der Waals surface area contributed by atoms with Crippen LogP contribution in [-0.4, -0.2) is 86.5 Å². The van der Waals surface area contributed by atoms with Crippen LogP contribution in [0.5, 0.6) is 11.5 Å². The molecule has 0 atom stereocenters. The molecule has 7 heteroatoms. The first-order valence-electron chi connectivity index (χ1n) is 12.6. The van der Waals surface area contributed by atoms with Gasteiger partial charge in [0.2, 0.25) is 5.91 Å². The quantitative estimate of drug-likeness (QED) is 0.656. The molecule has 33 heavy (non-hydrogen) atoms. The molecule has 4 rings (SSSR count). The predicted octanol–water partition coefficient (Wildman–Crippen LogP) is 3.28. The first-order chi connectivity index (χ1) is 16.1. The predicted molar refractivity (Wildman–Crippen MR) is 128 cm³/mol. The lowest BCUT2D eigenvalue weighted by Gasteiger charge is -2.40. The summed E-state index contributed by atoms with van der Waals surface area (Å²) in [5.41, 5.74) is 0.560. The lowest BCUT2D eigenvalue weighted by Crippen LogP contribution is -2.52. The van der Waals surface area contributed by atoms with Crippen LogP contribution in [0.1, 0.15) is 55.3 Å². The van der Waals surface area contributed by atoms with Crippen LogP contribution >= 0.6 is 0 Å². The summed E-state index contributed by atoms with van der Waals surface area (Å²) in [6.07, 6.45) is 8.38. The van der Waals surface area contributed by atoms with Gasteiger partial charge < -0.3 is 19.3 Å². The Hall–Kier alpha value is -2.28. The fourth-order valence-corrected chi connectivity index (χ4v) is 5.59. The summed E-state index contributed by atoms with van der Waals surface area (Å²) < 4.78 is 10.6. The lowest BCUT2D eigenvalue weighted by atomic mass is 9.89. The molecule has 0 spiro atoms. The molecule has 3 aliphatic rings. The van der Waals surface area contributed by atoms with Crippen molar-refractivity contribution < 1.29 is 19.1 Å². The minimum Gasteiger partial charge on any atom is -0.497 e. The summed E-state index contributed by atoms with van der Waals surface area (Å²) >= 11 is 0. The number of hydrogen-bond donors (Lipinski definition) is 0. The Balaban J connectivity index is 1.24. The van der Waals surface area contributed by atoms with Gasteiger partial charge in [-0.2, -0.15) is 0 Å². The maximum absolute atomic E-state index is 13.1. The van der Waals surface area contributed by atoms with Crippen molar-refractivity contribution in [2.24, 2.45) is 11.8 Å². The number of ether oxygens (including phenoxy) is 2. The molecule has 182 valence electrons. The molecular formula is C26H39N3O4. The number of likely N-dealkylation sites (tertiary alicyclic amines) is 1. The average molecular weight is 458 g/mol. The van der Waals surface area contributed by atoms with Crippen LogP contribution in [0.3, 0.4) is 0 Å². The number of rotatable bonds is 6.